The zero-order chi connectivity index (χ0) is 11.5. The summed E-state index contributed by atoms with van der Waals surface area (Å²) < 4.78 is 0. The summed E-state index contributed by atoms with van der Waals surface area (Å²) >= 11 is 6.29. The number of aryl methyl sites for hydroxylation is 1. The van der Waals surface area contributed by atoms with Gasteiger partial charge in [0.2, 0.25) is 0 Å². The Morgan fingerprint density at radius 3 is 3.00 bits per heavy atom. The van der Waals surface area contributed by atoms with Crippen molar-refractivity contribution in [3.8, 4) is 0 Å². The number of nitrogens with one attached hydrogen (secondary N) is 1. The molecule has 1 atom stereocenters. The molecule has 0 aliphatic carbocycles. The van der Waals surface area contributed by atoms with Crippen LogP contribution in [0.15, 0.2) is 18.2 Å². The first-order chi connectivity index (χ1) is 7.72. The maximum absolute atomic E-state index is 6.29. The van der Waals surface area contributed by atoms with E-state index >= 15 is 0 Å². The number of hydrogen-bond acceptors (Lipinski definition) is 2. The quantitative estimate of drug-likeness (QED) is 0.853. The summed E-state index contributed by atoms with van der Waals surface area (Å²) in [6, 6.07) is 6.71. The molecule has 2 rings (SSSR count). The Kier molecular flexibility index (Phi) is 3.72. The molecule has 0 aromatic heterocycles. The Hall–Kier alpha value is -0.730. The average molecular weight is 239 g/mol. The van der Waals surface area contributed by atoms with Crippen LogP contribution in [0.2, 0.25) is 5.02 Å². The van der Waals surface area contributed by atoms with Gasteiger partial charge < -0.3 is 10.2 Å². The third kappa shape index (κ3) is 2.33. The van der Waals surface area contributed by atoms with Crippen molar-refractivity contribution in [3.05, 3.63) is 28.8 Å². The highest BCUT2D eigenvalue weighted by Crippen LogP contribution is 2.30. The van der Waals surface area contributed by atoms with Gasteiger partial charge in [0.1, 0.15) is 0 Å². The van der Waals surface area contributed by atoms with Crippen molar-refractivity contribution < 1.29 is 0 Å². The normalized spacial score (nSPS) is 21.2. The summed E-state index contributed by atoms with van der Waals surface area (Å²) in [6.07, 6.45) is 1.17. The van der Waals surface area contributed by atoms with E-state index < -0.39 is 0 Å². The first kappa shape index (κ1) is 11.7. The van der Waals surface area contributed by atoms with Crippen LogP contribution in [0.3, 0.4) is 0 Å². The van der Waals surface area contributed by atoms with Crippen molar-refractivity contribution in [1.82, 2.24) is 5.32 Å². The van der Waals surface area contributed by atoms with E-state index in [1.807, 2.05) is 12.1 Å². The van der Waals surface area contributed by atoms with Crippen molar-refractivity contribution in [2.24, 2.45) is 0 Å². The average Bonchev–Trinajstić information content (AvgIpc) is 2.29. The van der Waals surface area contributed by atoms with E-state index in [1.54, 1.807) is 0 Å². The smallest absolute Gasteiger partial charge is 0.0642 e. The molecule has 1 aliphatic rings. The fraction of sp³-hybridized carbons (Fsp3) is 0.538. The van der Waals surface area contributed by atoms with Gasteiger partial charge in [-0.2, -0.15) is 0 Å². The molecule has 0 amide bonds. The van der Waals surface area contributed by atoms with Gasteiger partial charge in [-0.15, -0.1) is 0 Å². The highest BCUT2D eigenvalue weighted by atomic mass is 35.5. The van der Waals surface area contributed by atoms with Crippen molar-refractivity contribution in [2.75, 3.05) is 24.5 Å². The van der Waals surface area contributed by atoms with Crippen molar-refractivity contribution in [2.45, 2.75) is 26.3 Å². The Labute approximate surface area is 103 Å². The Morgan fingerprint density at radius 2 is 2.31 bits per heavy atom. The lowest BCUT2D eigenvalue weighted by Gasteiger charge is -2.36. The lowest BCUT2D eigenvalue weighted by molar-refractivity contribution is 0.446. The maximum atomic E-state index is 6.29. The minimum Gasteiger partial charge on any atom is -0.367 e. The van der Waals surface area contributed by atoms with E-state index in [2.05, 4.69) is 30.1 Å². The van der Waals surface area contributed by atoms with Gasteiger partial charge in [-0.05, 0) is 25.0 Å². The summed E-state index contributed by atoms with van der Waals surface area (Å²) in [5.74, 6) is 0. The van der Waals surface area contributed by atoms with Gasteiger partial charge in [-0.1, -0.05) is 30.7 Å². The molecule has 1 unspecified atom stereocenters. The van der Waals surface area contributed by atoms with Gasteiger partial charge in [0.15, 0.2) is 0 Å². The number of hydrogen-bond donors (Lipinski definition) is 1. The van der Waals surface area contributed by atoms with E-state index in [4.69, 9.17) is 11.6 Å². The van der Waals surface area contributed by atoms with Gasteiger partial charge in [-0.25, -0.2) is 0 Å². The second-order valence-corrected chi connectivity index (χ2v) is 4.82. The standard InChI is InChI=1S/C13H19ClN2/c1-3-11-9-16(8-7-15-11)13-10(2)5-4-6-12(13)14/h4-6,11,15H,3,7-9H2,1-2H3. The molecule has 88 valence electrons. The molecule has 1 aromatic rings. The first-order valence-electron chi connectivity index (χ1n) is 5.95. The molecule has 0 radical (unpaired) electrons. The van der Waals surface area contributed by atoms with Gasteiger partial charge in [0.05, 0.1) is 10.7 Å². The fourth-order valence-corrected chi connectivity index (χ4v) is 2.67. The number of rotatable bonds is 2. The molecule has 1 saturated heterocycles. The van der Waals surface area contributed by atoms with Gasteiger partial charge >= 0.3 is 0 Å². The van der Waals surface area contributed by atoms with Crippen molar-refractivity contribution in [1.29, 1.82) is 0 Å². The third-order valence-electron chi connectivity index (χ3n) is 3.25. The SMILES string of the molecule is CCC1CN(c2c(C)cccc2Cl)CCN1. The molecule has 0 bridgehead atoms. The molecule has 1 aromatic carbocycles. The van der Waals surface area contributed by atoms with E-state index in [0.29, 0.717) is 6.04 Å². The minimum atomic E-state index is 0.587. The molecule has 1 fully saturated rings. The lowest BCUT2D eigenvalue weighted by atomic mass is 10.1. The summed E-state index contributed by atoms with van der Waals surface area (Å²) in [6.45, 7) is 7.50. The van der Waals surface area contributed by atoms with Crippen LogP contribution in [0, 0.1) is 6.92 Å². The van der Waals surface area contributed by atoms with Crippen LogP contribution in [0.25, 0.3) is 0 Å². The second kappa shape index (κ2) is 5.07. The summed E-state index contributed by atoms with van der Waals surface area (Å²) in [5.41, 5.74) is 2.48. The molecule has 1 aliphatic heterocycles. The highest BCUT2D eigenvalue weighted by molar-refractivity contribution is 6.33. The number of para-hydroxylation sites is 1. The molecule has 16 heavy (non-hydrogen) atoms. The summed E-state index contributed by atoms with van der Waals surface area (Å²) in [4.78, 5) is 2.41. The maximum Gasteiger partial charge on any atom is 0.0642 e. The second-order valence-electron chi connectivity index (χ2n) is 4.41. The molecule has 1 N–H and O–H groups in total. The van der Waals surface area contributed by atoms with Crippen LogP contribution < -0.4 is 10.2 Å². The monoisotopic (exact) mass is 238 g/mol. The molecule has 1 heterocycles. The predicted octanol–water partition coefficient (Wildman–Crippen LogP) is 2.84. The van der Waals surface area contributed by atoms with E-state index in [9.17, 15) is 0 Å². The van der Waals surface area contributed by atoms with Crippen LogP contribution in [0.1, 0.15) is 18.9 Å². The number of nitrogens with zero attached hydrogens (tertiary/aromatic N) is 1. The van der Waals surface area contributed by atoms with Crippen LogP contribution in [0.5, 0.6) is 0 Å². The number of anilines is 1. The van der Waals surface area contributed by atoms with Crippen LogP contribution >= 0.6 is 11.6 Å². The van der Waals surface area contributed by atoms with Gasteiger partial charge in [0.25, 0.3) is 0 Å². The van der Waals surface area contributed by atoms with Crippen molar-refractivity contribution >= 4 is 17.3 Å². The zero-order valence-corrected chi connectivity index (χ0v) is 10.7. The number of halogens is 1. The first-order valence-corrected chi connectivity index (χ1v) is 6.33. The van der Waals surface area contributed by atoms with Gasteiger partial charge in [-0.3, -0.25) is 0 Å². The summed E-state index contributed by atoms with van der Waals surface area (Å²) in [7, 11) is 0. The zero-order valence-electron chi connectivity index (χ0n) is 9.96. The largest absolute Gasteiger partial charge is 0.367 e. The van der Waals surface area contributed by atoms with Crippen LogP contribution in [-0.2, 0) is 0 Å². The van der Waals surface area contributed by atoms with Crippen molar-refractivity contribution in [3.63, 3.8) is 0 Å². The predicted molar refractivity (Wildman–Crippen MR) is 70.5 cm³/mol. The molecule has 0 saturated carbocycles. The molecular formula is C13H19ClN2. The van der Waals surface area contributed by atoms with E-state index in [1.165, 1.54) is 17.7 Å². The molecule has 3 heteroatoms. The van der Waals surface area contributed by atoms with E-state index in [0.717, 1.165) is 24.7 Å². The molecule has 0 spiro atoms. The minimum absolute atomic E-state index is 0.587. The van der Waals surface area contributed by atoms with E-state index in [-0.39, 0.29) is 0 Å². The Bertz CT molecular complexity index is 345. The third-order valence-corrected chi connectivity index (χ3v) is 3.56. The fourth-order valence-electron chi connectivity index (χ4n) is 2.33. The Morgan fingerprint density at radius 1 is 1.50 bits per heavy atom. The topological polar surface area (TPSA) is 15.3 Å². The molecular weight excluding hydrogens is 220 g/mol. The summed E-state index contributed by atoms with van der Waals surface area (Å²) in [5, 5.41) is 4.39. The van der Waals surface area contributed by atoms with Gasteiger partial charge in [0, 0.05) is 25.7 Å². The number of benzene rings is 1. The number of piperazine rings is 1. The Balaban J connectivity index is 2.23. The molecule has 2 nitrogen and oxygen atoms in total. The highest BCUT2D eigenvalue weighted by Gasteiger charge is 2.20. The lowest BCUT2D eigenvalue weighted by Crippen LogP contribution is -2.50. The van der Waals surface area contributed by atoms with Crippen LogP contribution in [-0.4, -0.2) is 25.7 Å². The van der Waals surface area contributed by atoms with Crippen LogP contribution in [0.4, 0.5) is 5.69 Å².